The zero-order valence-corrected chi connectivity index (χ0v) is 11.1. The molecule has 106 valence electrons. The summed E-state index contributed by atoms with van der Waals surface area (Å²) in [5.74, 6) is -6.31. The first-order valence-corrected chi connectivity index (χ1v) is 7.27. The second kappa shape index (κ2) is 6.10. The smallest absolute Gasteiger partial charge is 0.376 e. The standard InChI is InChI=1S/C12H14F2O4S/c1-2-18-11(15)12(13,14)8-9-19(16,17)10-6-4-3-5-7-10/h3-7H,2,8-9H2,1H3. The fourth-order valence-electron chi connectivity index (χ4n) is 1.35. The molecule has 0 spiro atoms. The molecule has 0 aliphatic carbocycles. The van der Waals surface area contributed by atoms with Crippen LogP contribution in [0.25, 0.3) is 0 Å². The molecule has 4 nitrogen and oxygen atoms in total. The van der Waals surface area contributed by atoms with Gasteiger partial charge in [-0.25, -0.2) is 13.2 Å². The Morgan fingerprint density at radius 2 is 1.84 bits per heavy atom. The molecule has 0 aliphatic rings. The molecule has 0 heterocycles. The highest BCUT2D eigenvalue weighted by Gasteiger charge is 2.41. The van der Waals surface area contributed by atoms with Crippen LogP contribution in [0.5, 0.6) is 0 Å². The molecule has 7 heteroatoms. The van der Waals surface area contributed by atoms with Gasteiger partial charge in [0.1, 0.15) is 0 Å². The summed E-state index contributed by atoms with van der Waals surface area (Å²) in [5, 5.41) is 0. The number of halogens is 2. The molecule has 0 unspecified atom stereocenters. The summed E-state index contributed by atoms with van der Waals surface area (Å²) in [5.41, 5.74) is 0. The van der Waals surface area contributed by atoms with E-state index in [1.807, 2.05) is 0 Å². The summed E-state index contributed by atoms with van der Waals surface area (Å²) < 4.78 is 54.4. The van der Waals surface area contributed by atoms with E-state index >= 15 is 0 Å². The van der Waals surface area contributed by atoms with Crippen molar-refractivity contribution in [1.82, 2.24) is 0 Å². The first-order chi connectivity index (χ1) is 8.79. The molecule has 0 aliphatic heterocycles. The van der Waals surface area contributed by atoms with Crippen LogP contribution in [0.1, 0.15) is 13.3 Å². The van der Waals surface area contributed by atoms with Gasteiger partial charge in [-0.2, -0.15) is 8.78 Å². The minimum absolute atomic E-state index is 0.0466. The fraction of sp³-hybridized carbons (Fsp3) is 0.417. The molecule has 0 atom stereocenters. The van der Waals surface area contributed by atoms with Crippen molar-refractivity contribution < 1.29 is 26.7 Å². The van der Waals surface area contributed by atoms with Crippen molar-refractivity contribution in [2.45, 2.75) is 24.2 Å². The molecule has 1 aromatic rings. The Kier molecular flexibility index (Phi) is 4.99. The van der Waals surface area contributed by atoms with E-state index in [0.29, 0.717) is 0 Å². The number of ether oxygens (including phenoxy) is 1. The first kappa shape index (κ1) is 15.6. The maximum Gasteiger partial charge on any atom is 0.376 e. The molecule has 0 saturated heterocycles. The molecule has 0 saturated carbocycles. The SMILES string of the molecule is CCOC(=O)C(F)(F)CCS(=O)(=O)c1ccccc1. The Hall–Kier alpha value is -1.50. The average molecular weight is 292 g/mol. The summed E-state index contributed by atoms with van der Waals surface area (Å²) in [6.45, 7) is 1.22. The molecule has 0 aromatic heterocycles. The lowest BCUT2D eigenvalue weighted by atomic mass is 10.3. The number of carbonyl (C=O) groups excluding carboxylic acids is 1. The second-order valence-electron chi connectivity index (χ2n) is 3.81. The summed E-state index contributed by atoms with van der Waals surface area (Å²) in [6.07, 6.45) is -1.09. The zero-order valence-electron chi connectivity index (χ0n) is 10.3. The monoisotopic (exact) mass is 292 g/mol. The lowest BCUT2D eigenvalue weighted by molar-refractivity contribution is -0.171. The van der Waals surface area contributed by atoms with Crippen LogP contribution in [0.15, 0.2) is 35.2 Å². The predicted octanol–water partition coefficient (Wildman–Crippen LogP) is 2.05. The first-order valence-electron chi connectivity index (χ1n) is 5.62. The molecule has 0 radical (unpaired) electrons. The van der Waals surface area contributed by atoms with Crippen LogP contribution in [0.4, 0.5) is 8.78 Å². The van der Waals surface area contributed by atoms with Gasteiger partial charge in [-0.3, -0.25) is 0 Å². The lowest BCUT2D eigenvalue weighted by Gasteiger charge is -2.14. The normalized spacial score (nSPS) is 12.2. The van der Waals surface area contributed by atoms with Crippen LogP contribution < -0.4 is 0 Å². The Morgan fingerprint density at radius 1 is 1.26 bits per heavy atom. The Balaban J connectivity index is 2.74. The lowest BCUT2D eigenvalue weighted by Crippen LogP contribution is -2.33. The van der Waals surface area contributed by atoms with Gasteiger partial charge in [0.05, 0.1) is 17.3 Å². The molecule has 0 N–H and O–H groups in total. The highest BCUT2D eigenvalue weighted by molar-refractivity contribution is 7.91. The molecule has 0 fully saturated rings. The minimum atomic E-state index is -3.83. The van der Waals surface area contributed by atoms with Crippen LogP contribution >= 0.6 is 0 Å². The van der Waals surface area contributed by atoms with Gasteiger partial charge >= 0.3 is 11.9 Å². The van der Waals surface area contributed by atoms with E-state index < -0.39 is 33.9 Å². The van der Waals surface area contributed by atoms with Crippen molar-refractivity contribution in [1.29, 1.82) is 0 Å². The number of carbonyl (C=O) groups is 1. The number of rotatable bonds is 6. The van der Waals surface area contributed by atoms with Crippen LogP contribution in [-0.2, 0) is 19.4 Å². The van der Waals surface area contributed by atoms with Gasteiger partial charge in [0.2, 0.25) is 0 Å². The number of benzene rings is 1. The highest BCUT2D eigenvalue weighted by atomic mass is 32.2. The Bertz CT molecular complexity index is 526. The molecule has 1 rings (SSSR count). The van der Waals surface area contributed by atoms with E-state index in [9.17, 15) is 22.0 Å². The van der Waals surface area contributed by atoms with E-state index in [-0.39, 0.29) is 11.5 Å². The molecular formula is C12H14F2O4S. The Morgan fingerprint density at radius 3 is 2.37 bits per heavy atom. The molecule has 0 amide bonds. The van der Waals surface area contributed by atoms with E-state index in [1.165, 1.54) is 31.2 Å². The zero-order chi connectivity index (χ0) is 14.5. The van der Waals surface area contributed by atoms with Crippen molar-refractivity contribution in [3.05, 3.63) is 30.3 Å². The molecular weight excluding hydrogens is 278 g/mol. The van der Waals surface area contributed by atoms with Gasteiger partial charge in [0.25, 0.3) is 0 Å². The van der Waals surface area contributed by atoms with Crippen LogP contribution in [0.2, 0.25) is 0 Å². The van der Waals surface area contributed by atoms with Crippen LogP contribution in [0, 0.1) is 0 Å². The summed E-state index contributed by atoms with van der Waals surface area (Å²) >= 11 is 0. The van der Waals surface area contributed by atoms with Gasteiger partial charge in [-0.05, 0) is 19.1 Å². The van der Waals surface area contributed by atoms with Crippen LogP contribution in [-0.4, -0.2) is 32.7 Å². The highest BCUT2D eigenvalue weighted by Crippen LogP contribution is 2.23. The van der Waals surface area contributed by atoms with E-state index in [1.54, 1.807) is 6.07 Å². The van der Waals surface area contributed by atoms with Gasteiger partial charge in [0.15, 0.2) is 9.84 Å². The average Bonchev–Trinajstić information content (AvgIpc) is 2.38. The number of hydrogen-bond donors (Lipinski definition) is 0. The largest absolute Gasteiger partial charge is 0.462 e. The van der Waals surface area contributed by atoms with Gasteiger partial charge < -0.3 is 4.74 Å². The van der Waals surface area contributed by atoms with Crippen molar-refractivity contribution in [3.63, 3.8) is 0 Å². The number of sulfone groups is 1. The number of alkyl halides is 2. The molecule has 19 heavy (non-hydrogen) atoms. The topological polar surface area (TPSA) is 60.4 Å². The fourth-order valence-corrected chi connectivity index (χ4v) is 2.68. The second-order valence-corrected chi connectivity index (χ2v) is 5.92. The summed E-state index contributed by atoms with van der Waals surface area (Å²) in [6, 6.07) is 7.24. The van der Waals surface area contributed by atoms with Gasteiger partial charge in [-0.1, -0.05) is 18.2 Å². The van der Waals surface area contributed by atoms with E-state index in [4.69, 9.17) is 0 Å². The van der Waals surface area contributed by atoms with Crippen molar-refractivity contribution in [2.75, 3.05) is 12.4 Å². The summed E-state index contributed by atoms with van der Waals surface area (Å²) in [7, 11) is -3.83. The minimum Gasteiger partial charge on any atom is -0.462 e. The third-order valence-electron chi connectivity index (χ3n) is 2.36. The maximum absolute atomic E-state index is 13.3. The predicted molar refractivity (Wildman–Crippen MR) is 64.7 cm³/mol. The molecule has 1 aromatic carbocycles. The summed E-state index contributed by atoms with van der Waals surface area (Å²) in [4.78, 5) is 10.9. The quantitative estimate of drug-likeness (QED) is 0.753. The Labute approximate surface area is 110 Å². The van der Waals surface area contributed by atoms with Crippen molar-refractivity contribution in [3.8, 4) is 0 Å². The van der Waals surface area contributed by atoms with Crippen molar-refractivity contribution in [2.24, 2.45) is 0 Å². The number of hydrogen-bond acceptors (Lipinski definition) is 4. The third-order valence-corrected chi connectivity index (χ3v) is 4.09. The van der Waals surface area contributed by atoms with Gasteiger partial charge in [-0.15, -0.1) is 0 Å². The van der Waals surface area contributed by atoms with E-state index in [0.717, 1.165) is 0 Å². The third kappa shape index (κ3) is 4.27. The van der Waals surface area contributed by atoms with E-state index in [2.05, 4.69) is 4.74 Å². The van der Waals surface area contributed by atoms with Gasteiger partial charge in [0, 0.05) is 6.42 Å². The number of esters is 1. The van der Waals surface area contributed by atoms with Crippen molar-refractivity contribution >= 4 is 15.8 Å². The maximum atomic E-state index is 13.3. The molecule has 0 bridgehead atoms. The van der Waals surface area contributed by atoms with Crippen LogP contribution in [0.3, 0.4) is 0 Å².